The maximum Gasteiger partial charge on any atom is 0.255 e. The van der Waals surface area contributed by atoms with Gasteiger partial charge in [0.25, 0.3) is 5.91 Å². The van der Waals surface area contributed by atoms with Crippen LogP contribution in [0.1, 0.15) is 21.5 Å². The lowest BCUT2D eigenvalue weighted by Crippen LogP contribution is -2.45. The highest BCUT2D eigenvalue weighted by Crippen LogP contribution is 2.22. The van der Waals surface area contributed by atoms with Crippen molar-refractivity contribution in [3.05, 3.63) is 59.4 Å². The van der Waals surface area contributed by atoms with E-state index < -0.39 is 0 Å². The largest absolute Gasteiger partial charge is 0.367 e. The Balaban J connectivity index is 1.48. The quantitative estimate of drug-likeness (QED) is 0.789. The van der Waals surface area contributed by atoms with Crippen molar-refractivity contribution in [3.63, 3.8) is 0 Å². The van der Waals surface area contributed by atoms with E-state index in [4.69, 9.17) is 0 Å². The zero-order chi connectivity index (χ0) is 17.9. The first-order chi connectivity index (χ1) is 12.7. The number of carbonyl (C=O) groups is 2. The Kier molecular flexibility index (Phi) is 4.56. The Morgan fingerprint density at radius 3 is 2.54 bits per heavy atom. The van der Waals surface area contributed by atoms with E-state index in [1.54, 1.807) is 17.3 Å². The number of hydrogen-bond donors (Lipinski definition) is 0. The van der Waals surface area contributed by atoms with Crippen LogP contribution in [0.15, 0.2) is 42.7 Å². The average molecular weight is 350 g/mol. The van der Waals surface area contributed by atoms with Crippen LogP contribution >= 0.6 is 0 Å². The number of anilines is 1. The molecule has 1 aromatic heterocycles. The van der Waals surface area contributed by atoms with Gasteiger partial charge in [0.15, 0.2) is 0 Å². The molecule has 0 atom stereocenters. The number of amides is 2. The second-order valence-corrected chi connectivity index (χ2v) is 6.81. The first-order valence-electron chi connectivity index (χ1n) is 9.00. The molecule has 2 aromatic rings. The minimum absolute atomic E-state index is 0.0281. The highest BCUT2D eigenvalue weighted by Gasteiger charge is 2.23. The van der Waals surface area contributed by atoms with Gasteiger partial charge in [0, 0.05) is 45.5 Å². The molecule has 2 amide bonds. The molecule has 6 heteroatoms. The van der Waals surface area contributed by atoms with Gasteiger partial charge in [-0.3, -0.25) is 14.6 Å². The van der Waals surface area contributed by atoms with Gasteiger partial charge in [0.1, 0.15) is 0 Å². The Bertz CT molecular complexity index is 815. The summed E-state index contributed by atoms with van der Waals surface area (Å²) < 4.78 is 0. The summed E-state index contributed by atoms with van der Waals surface area (Å²) in [4.78, 5) is 33.9. The highest BCUT2D eigenvalue weighted by molar-refractivity contribution is 5.95. The minimum atomic E-state index is 0.0281. The first kappa shape index (κ1) is 16.6. The van der Waals surface area contributed by atoms with Gasteiger partial charge < -0.3 is 14.7 Å². The topological polar surface area (TPSA) is 56.8 Å². The molecule has 0 radical (unpaired) electrons. The van der Waals surface area contributed by atoms with E-state index in [2.05, 4.69) is 22.0 Å². The zero-order valence-electron chi connectivity index (χ0n) is 14.7. The molecule has 1 fully saturated rings. The van der Waals surface area contributed by atoms with Crippen LogP contribution in [0.25, 0.3) is 0 Å². The van der Waals surface area contributed by atoms with Crippen LogP contribution in [0.4, 0.5) is 5.69 Å². The van der Waals surface area contributed by atoms with Gasteiger partial charge in [-0.05, 0) is 23.6 Å². The third kappa shape index (κ3) is 3.27. The maximum atomic E-state index is 13.0. The maximum absolute atomic E-state index is 13.0. The van der Waals surface area contributed by atoms with E-state index in [1.807, 2.05) is 23.1 Å². The molecule has 0 saturated carbocycles. The summed E-state index contributed by atoms with van der Waals surface area (Å²) in [5, 5.41) is 0. The molecule has 134 valence electrons. The summed E-state index contributed by atoms with van der Waals surface area (Å²) in [6.07, 6.45) is 5.22. The predicted molar refractivity (Wildman–Crippen MR) is 99.0 cm³/mol. The van der Waals surface area contributed by atoms with Gasteiger partial charge in [-0.2, -0.15) is 0 Å². The van der Waals surface area contributed by atoms with Crippen molar-refractivity contribution in [1.82, 2.24) is 14.8 Å². The summed E-state index contributed by atoms with van der Waals surface area (Å²) in [6.45, 7) is 4.30. The lowest BCUT2D eigenvalue weighted by Gasteiger charge is -2.34. The predicted octanol–water partition coefficient (Wildman–Crippen LogP) is 1.56. The van der Waals surface area contributed by atoms with E-state index in [9.17, 15) is 9.59 Å². The summed E-state index contributed by atoms with van der Waals surface area (Å²) in [6, 6.07) is 10.2. The summed E-state index contributed by atoms with van der Waals surface area (Å²) >= 11 is 0. The Morgan fingerprint density at radius 1 is 1.00 bits per heavy atom. The van der Waals surface area contributed by atoms with Crippen LogP contribution in [0.2, 0.25) is 0 Å². The molecular formula is C20H22N4O2. The standard InChI is InChI=1S/C20H22N4O2/c25-15-22-7-9-23(10-8-22)19-11-18(12-21-13-19)20(26)24-6-5-16-3-1-2-4-17(16)14-24/h1-4,11-13,15H,5-10,14H2. The number of benzene rings is 1. The van der Waals surface area contributed by atoms with Gasteiger partial charge >= 0.3 is 0 Å². The van der Waals surface area contributed by atoms with Crippen LogP contribution in [0.5, 0.6) is 0 Å². The van der Waals surface area contributed by atoms with Crippen molar-refractivity contribution in [2.75, 3.05) is 37.6 Å². The molecule has 2 aliphatic rings. The highest BCUT2D eigenvalue weighted by atomic mass is 16.2. The van der Waals surface area contributed by atoms with Crippen LogP contribution in [-0.2, 0) is 17.8 Å². The monoisotopic (exact) mass is 350 g/mol. The fraction of sp³-hybridized carbons (Fsp3) is 0.350. The van der Waals surface area contributed by atoms with Crippen molar-refractivity contribution >= 4 is 18.0 Å². The summed E-state index contributed by atoms with van der Waals surface area (Å²) in [5.41, 5.74) is 4.12. The lowest BCUT2D eigenvalue weighted by molar-refractivity contribution is -0.118. The first-order valence-corrected chi connectivity index (χ1v) is 9.00. The van der Waals surface area contributed by atoms with Crippen LogP contribution in [0.3, 0.4) is 0 Å². The van der Waals surface area contributed by atoms with Gasteiger partial charge in [-0.25, -0.2) is 0 Å². The van der Waals surface area contributed by atoms with Gasteiger partial charge in [0.2, 0.25) is 6.41 Å². The van der Waals surface area contributed by atoms with Crippen molar-refractivity contribution < 1.29 is 9.59 Å². The number of aromatic nitrogens is 1. The molecule has 0 N–H and O–H groups in total. The molecule has 1 saturated heterocycles. The summed E-state index contributed by atoms with van der Waals surface area (Å²) in [7, 11) is 0. The van der Waals surface area contributed by atoms with Gasteiger partial charge in [-0.15, -0.1) is 0 Å². The van der Waals surface area contributed by atoms with Crippen molar-refractivity contribution in [1.29, 1.82) is 0 Å². The van der Waals surface area contributed by atoms with E-state index in [0.29, 0.717) is 25.2 Å². The molecule has 0 spiro atoms. The molecule has 3 heterocycles. The number of fused-ring (bicyclic) bond motifs is 1. The van der Waals surface area contributed by atoms with E-state index in [-0.39, 0.29) is 5.91 Å². The number of pyridine rings is 1. The molecule has 0 bridgehead atoms. The molecular weight excluding hydrogens is 328 g/mol. The summed E-state index contributed by atoms with van der Waals surface area (Å²) in [5.74, 6) is 0.0281. The number of piperazine rings is 1. The zero-order valence-corrected chi connectivity index (χ0v) is 14.7. The Labute approximate surface area is 153 Å². The van der Waals surface area contributed by atoms with E-state index in [0.717, 1.165) is 38.2 Å². The molecule has 0 aliphatic carbocycles. The average Bonchev–Trinajstić information content (AvgIpc) is 2.73. The fourth-order valence-corrected chi connectivity index (χ4v) is 3.65. The molecule has 1 aromatic carbocycles. The molecule has 4 rings (SSSR count). The van der Waals surface area contributed by atoms with Crippen molar-refractivity contribution in [2.24, 2.45) is 0 Å². The van der Waals surface area contributed by atoms with Crippen molar-refractivity contribution in [3.8, 4) is 0 Å². The molecule has 6 nitrogen and oxygen atoms in total. The lowest BCUT2D eigenvalue weighted by atomic mass is 9.99. The van der Waals surface area contributed by atoms with Gasteiger partial charge in [0.05, 0.1) is 17.4 Å². The number of carbonyl (C=O) groups excluding carboxylic acids is 2. The van der Waals surface area contributed by atoms with Crippen molar-refractivity contribution in [2.45, 2.75) is 13.0 Å². The second-order valence-electron chi connectivity index (χ2n) is 6.81. The Morgan fingerprint density at radius 2 is 1.77 bits per heavy atom. The van der Waals surface area contributed by atoms with Crippen LogP contribution in [-0.4, -0.2) is 59.8 Å². The smallest absolute Gasteiger partial charge is 0.255 e. The van der Waals surface area contributed by atoms with Crippen LogP contribution < -0.4 is 4.90 Å². The van der Waals surface area contributed by atoms with E-state index >= 15 is 0 Å². The molecule has 2 aliphatic heterocycles. The Hall–Kier alpha value is -2.89. The number of hydrogen-bond acceptors (Lipinski definition) is 4. The van der Waals surface area contributed by atoms with Crippen LogP contribution in [0, 0.1) is 0 Å². The second kappa shape index (κ2) is 7.15. The molecule has 0 unspecified atom stereocenters. The normalized spacial score (nSPS) is 17.0. The third-order valence-corrected chi connectivity index (χ3v) is 5.22. The number of rotatable bonds is 3. The SMILES string of the molecule is O=CN1CCN(c2cncc(C(=O)N3CCc4ccccc4C3)c2)CC1. The third-order valence-electron chi connectivity index (χ3n) is 5.22. The number of nitrogens with zero attached hydrogens (tertiary/aromatic N) is 4. The van der Waals surface area contributed by atoms with E-state index in [1.165, 1.54) is 11.1 Å². The van der Waals surface area contributed by atoms with Gasteiger partial charge in [-0.1, -0.05) is 24.3 Å². The molecule has 26 heavy (non-hydrogen) atoms. The minimum Gasteiger partial charge on any atom is -0.367 e. The fourth-order valence-electron chi connectivity index (χ4n) is 3.65.